The molecule has 1 atom stereocenters. The number of carbonyl (C=O) groups excluding carboxylic acids is 1. The van der Waals surface area contributed by atoms with Crippen LogP contribution < -0.4 is 0 Å². The first-order valence-electron chi connectivity index (χ1n) is 7.02. The van der Waals surface area contributed by atoms with E-state index in [0.717, 1.165) is 19.3 Å². The molecule has 0 aromatic heterocycles. The van der Waals surface area contributed by atoms with Crippen molar-refractivity contribution in [1.82, 2.24) is 0 Å². The average molecular weight is 226 g/mol. The van der Waals surface area contributed by atoms with Crippen molar-refractivity contribution in [3.05, 3.63) is 0 Å². The predicted molar refractivity (Wildman–Crippen MR) is 66.3 cm³/mol. The van der Waals surface area contributed by atoms with Crippen LogP contribution in [0.2, 0.25) is 0 Å². The van der Waals surface area contributed by atoms with Gasteiger partial charge in [-0.25, -0.2) is 0 Å². The zero-order valence-electron chi connectivity index (χ0n) is 10.7. The van der Waals surface area contributed by atoms with Crippen molar-refractivity contribution >= 4 is 5.97 Å². The maximum atomic E-state index is 11.5. The van der Waals surface area contributed by atoms with Gasteiger partial charge in [-0.05, 0) is 32.1 Å². The maximum absolute atomic E-state index is 11.5. The van der Waals surface area contributed by atoms with Gasteiger partial charge in [0.1, 0.15) is 6.10 Å². The molecule has 0 spiro atoms. The Bertz CT molecular complexity index is 187. The van der Waals surface area contributed by atoms with E-state index >= 15 is 0 Å². The third-order valence-corrected chi connectivity index (χ3v) is 3.33. The summed E-state index contributed by atoms with van der Waals surface area (Å²) in [5, 5.41) is 0. The van der Waals surface area contributed by atoms with Crippen LogP contribution in [0, 0.1) is 0 Å². The SMILES string of the molecule is CCCCC[C@@H]1CCCCCCCC(=O)O1. The van der Waals surface area contributed by atoms with Crippen molar-refractivity contribution in [1.29, 1.82) is 0 Å². The minimum absolute atomic E-state index is 0.0309. The second-order valence-corrected chi connectivity index (χ2v) is 4.91. The minimum atomic E-state index is 0.0309. The van der Waals surface area contributed by atoms with Crippen molar-refractivity contribution in [2.45, 2.75) is 83.7 Å². The lowest BCUT2D eigenvalue weighted by atomic mass is 10.0. The Morgan fingerprint density at radius 2 is 1.88 bits per heavy atom. The largest absolute Gasteiger partial charge is 0.462 e. The quantitative estimate of drug-likeness (QED) is 0.530. The molecule has 0 N–H and O–H groups in total. The molecule has 0 radical (unpaired) electrons. The first-order valence-corrected chi connectivity index (χ1v) is 7.02. The summed E-state index contributed by atoms with van der Waals surface area (Å²) < 4.78 is 5.53. The van der Waals surface area contributed by atoms with Gasteiger partial charge >= 0.3 is 5.97 Å². The van der Waals surface area contributed by atoms with E-state index in [0.29, 0.717) is 6.42 Å². The van der Waals surface area contributed by atoms with Crippen LogP contribution in [0.25, 0.3) is 0 Å². The summed E-state index contributed by atoms with van der Waals surface area (Å²) in [5.74, 6) is 0.0309. The van der Waals surface area contributed by atoms with Gasteiger partial charge in [0.15, 0.2) is 0 Å². The highest BCUT2D eigenvalue weighted by molar-refractivity contribution is 5.69. The fraction of sp³-hybridized carbons (Fsp3) is 0.929. The van der Waals surface area contributed by atoms with E-state index in [-0.39, 0.29) is 12.1 Å². The molecule has 94 valence electrons. The van der Waals surface area contributed by atoms with Crippen molar-refractivity contribution in [3.8, 4) is 0 Å². The molecule has 2 heteroatoms. The lowest BCUT2D eigenvalue weighted by Gasteiger charge is -2.19. The van der Waals surface area contributed by atoms with Crippen LogP contribution >= 0.6 is 0 Å². The number of unbranched alkanes of at least 4 members (excludes halogenated alkanes) is 2. The van der Waals surface area contributed by atoms with Crippen LogP contribution in [0.3, 0.4) is 0 Å². The Hall–Kier alpha value is -0.530. The van der Waals surface area contributed by atoms with Gasteiger partial charge in [-0.15, -0.1) is 0 Å². The number of ether oxygens (including phenoxy) is 1. The summed E-state index contributed by atoms with van der Waals surface area (Å²) in [5.41, 5.74) is 0. The summed E-state index contributed by atoms with van der Waals surface area (Å²) in [6, 6.07) is 0. The molecular formula is C14H26O2. The fourth-order valence-electron chi connectivity index (χ4n) is 2.30. The molecule has 0 aromatic carbocycles. The molecule has 16 heavy (non-hydrogen) atoms. The van der Waals surface area contributed by atoms with E-state index < -0.39 is 0 Å². The summed E-state index contributed by atoms with van der Waals surface area (Å²) in [4.78, 5) is 11.5. The molecule has 0 amide bonds. The molecule has 1 aliphatic heterocycles. The highest BCUT2D eigenvalue weighted by Crippen LogP contribution is 2.18. The topological polar surface area (TPSA) is 26.3 Å². The Morgan fingerprint density at radius 3 is 2.69 bits per heavy atom. The van der Waals surface area contributed by atoms with E-state index in [1.165, 1.54) is 44.9 Å². The number of rotatable bonds is 4. The number of cyclic esters (lactones) is 1. The van der Waals surface area contributed by atoms with Gasteiger partial charge < -0.3 is 4.74 Å². The zero-order chi connectivity index (χ0) is 11.6. The van der Waals surface area contributed by atoms with Crippen molar-refractivity contribution < 1.29 is 9.53 Å². The first kappa shape index (κ1) is 13.5. The monoisotopic (exact) mass is 226 g/mol. The van der Waals surface area contributed by atoms with Crippen LogP contribution in [0.4, 0.5) is 0 Å². The van der Waals surface area contributed by atoms with Crippen LogP contribution in [-0.4, -0.2) is 12.1 Å². The van der Waals surface area contributed by atoms with E-state index in [1.54, 1.807) is 0 Å². The van der Waals surface area contributed by atoms with E-state index in [4.69, 9.17) is 4.74 Å². The molecule has 0 saturated carbocycles. The zero-order valence-corrected chi connectivity index (χ0v) is 10.7. The van der Waals surface area contributed by atoms with Gasteiger partial charge in [0.25, 0.3) is 0 Å². The summed E-state index contributed by atoms with van der Waals surface area (Å²) in [6.45, 7) is 2.21. The lowest BCUT2D eigenvalue weighted by Crippen LogP contribution is -2.19. The third kappa shape index (κ3) is 6.14. The molecule has 1 saturated heterocycles. The van der Waals surface area contributed by atoms with E-state index in [2.05, 4.69) is 6.92 Å². The number of hydrogen-bond acceptors (Lipinski definition) is 2. The molecule has 1 heterocycles. The Labute approximate surface area is 99.8 Å². The summed E-state index contributed by atoms with van der Waals surface area (Å²) in [7, 11) is 0. The van der Waals surface area contributed by atoms with E-state index in [9.17, 15) is 4.79 Å². The van der Waals surface area contributed by atoms with Crippen LogP contribution in [-0.2, 0) is 9.53 Å². The normalized spacial score (nSPS) is 23.8. The van der Waals surface area contributed by atoms with Crippen molar-refractivity contribution in [2.75, 3.05) is 0 Å². The van der Waals surface area contributed by atoms with Crippen LogP contribution in [0.15, 0.2) is 0 Å². The van der Waals surface area contributed by atoms with Gasteiger partial charge in [-0.2, -0.15) is 0 Å². The predicted octanol–water partition coefficient (Wildman–Crippen LogP) is 4.22. The third-order valence-electron chi connectivity index (χ3n) is 3.33. The number of carbonyl (C=O) groups is 1. The summed E-state index contributed by atoms with van der Waals surface area (Å²) in [6.07, 6.45) is 12.7. The van der Waals surface area contributed by atoms with Crippen molar-refractivity contribution in [3.63, 3.8) is 0 Å². The highest BCUT2D eigenvalue weighted by atomic mass is 16.5. The molecule has 0 aromatic rings. The second-order valence-electron chi connectivity index (χ2n) is 4.91. The molecule has 0 unspecified atom stereocenters. The Kier molecular flexibility index (Phi) is 7.28. The van der Waals surface area contributed by atoms with Gasteiger partial charge in [0.2, 0.25) is 0 Å². The molecule has 0 aliphatic carbocycles. The molecular weight excluding hydrogens is 200 g/mol. The second kappa shape index (κ2) is 8.60. The molecule has 0 bridgehead atoms. The van der Waals surface area contributed by atoms with Crippen LogP contribution in [0.1, 0.15) is 77.6 Å². The standard InChI is InChI=1S/C14H26O2/c1-2-3-7-10-13-11-8-5-4-6-9-12-14(15)16-13/h13H,2-12H2,1H3/t13-/m1/s1. The smallest absolute Gasteiger partial charge is 0.306 e. The van der Waals surface area contributed by atoms with Gasteiger partial charge in [0, 0.05) is 6.42 Å². The summed E-state index contributed by atoms with van der Waals surface area (Å²) >= 11 is 0. The van der Waals surface area contributed by atoms with Gasteiger partial charge in [0.05, 0.1) is 0 Å². The molecule has 1 fully saturated rings. The fourth-order valence-corrected chi connectivity index (χ4v) is 2.30. The van der Waals surface area contributed by atoms with E-state index in [1.807, 2.05) is 0 Å². The van der Waals surface area contributed by atoms with Gasteiger partial charge in [-0.1, -0.05) is 39.0 Å². The molecule has 1 aliphatic rings. The lowest BCUT2D eigenvalue weighted by molar-refractivity contribution is -0.150. The Morgan fingerprint density at radius 1 is 1.12 bits per heavy atom. The average Bonchev–Trinajstić information content (AvgIpc) is 2.28. The molecule has 2 nitrogen and oxygen atoms in total. The van der Waals surface area contributed by atoms with Gasteiger partial charge in [-0.3, -0.25) is 4.79 Å². The van der Waals surface area contributed by atoms with Crippen LogP contribution in [0.5, 0.6) is 0 Å². The first-order chi connectivity index (χ1) is 7.83. The maximum Gasteiger partial charge on any atom is 0.306 e. The molecule has 1 rings (SSSR count). The number of hydrogen-bond donors (Lipinski definition) is 0. The number of esters is 1. The highest BCUT2D eigenvalue weighted by Gasteiger charge is 2.14. The Balaban J connectivity index is 2.28. The minimum Gasteiger partial charge on any atom is -0.462 e. The van der Waals surface area contributed by atoms with Crippen molar-refractivity contribution in [2.24, 2.45) is 0 Å².